The van der Waals surface area contributed by atoms with Crippen LogP contribution < -0.4 is 10.1 Å². The number of benzene rings is 2. The van der Waals surface area contributed by atoms with Crippen molar-refractivity contribution in [3.8, 4) is 28.4 Å². The summed E-state index contributed by atoms with van der Waals surface area (Å²) in [6, 6.07) is 15.8. The van der Waals surface area contributed by atoms with Gasteiger partial charge >= 0.3 is 0 Å². The van der Waals surface area contributed by atoms with E-state index in [4.69, 9.17) is 4.74 Å². The highest BCUT2D eigenvalue weighted by Gasteiger charge is 2.16. The predicted molar refractivity (Wildman–Crippen MR) is 125 cm³/mol. The molecule has 0 fully saturated rings. The number of carbonyl (C=O) groups is 1. The number of aryl methyl sites for hydroxylation is 1. The van der Waals surface area contributed by atoms with Crippen LogP contribution in [0.15, 0.2) is 59.1 Å². The summed E-state index contributed by atoms with van der Waals surface area (Å²) in [6.45, 7) is 2.05. The second-order valence-corrected chi connectivity index (χ2v) is 8.61. The number of thioether (sulfide) groups is 1. The molecular weight excluding hydrogens is 430 g/mol. The minimum Gasteiger partial charge on any atom is -0.496 e. The fraction of sp³-hybridized carbons (Fsp3) is 0.182. The predicted octanol–water partition coefficient (Wildman–Crippen LogP) is 4.65. The number of hydrogen-bond acceptors (Lipinski definition) is 7. The summed E-state index contributed by atoms with van der Waals surface area (Å²) < 4.78 is 7.27. The zero-order valence-electron chi connectivity index (χ0n) is 17.3. The molecule has 0 spiro atoms. The first-order valence-electron chi connectivity index (χ1n) is 9.53. The summed E-state index contributed by atoms with van der Waals surface area (Å²) in [5.74, 6) is 1.47. The Hall–Kier alpha value is -3.17. The van der Waals surface area contributed by atoms with E-state index < -0.39 is 0 Å². The van der Waals surface area contributed by atoms with E-state index in [1.54, 1.807) is 7.11 Å². The molecule has 0 aliphatic carbocycles. The molecule has 0 radical (unpaired) electrons. The fourth-order valence-corrected chi connectivity index (χ4v) is 4.42. The Balaban J connectivity index is 1.39. The molecule has 0 saturated heterocycles. The minimum absolute atomic E-state index is 0.142. The molecule has 0 unspecified atom stereocenters. The molecule has 0 saturated carbocycles. The molecule has 1 N–H and O–H groups in total. The molecule has 0 aliphatic rings. The number of ether oxygens (including phenoxy) is 1. The number of methoxy groups -OCH3 is 1. The summed E-state index contributed by atoms with van der Waals surface area (Å²) in [5, 5.41) is 14.5. The van der Waals surface area contributed by atoms with Gasteiger partial charge in [-0.15, -0.1) is 21.5 Å². The average molecular weight is 452 g/mol. The fourth-order valence-electron chi connectivity index (χ4n) is 2.98. The van der Waals surface area contributed by atoms with Crippen molar-refractivity contribution >= 4 is 34.1 Å². The number of para-hydroxylation sites is 1. The molecule has 2 aromatic carbocycles. The van der Waals surface area contributed by atoms with Crippen LogP contribution in [0, 0.1) is 6.92 Å². The molecule has 7 nitrogen and oxygen atoms in total. The van der Waals surface area contributed by atoms with Crippen LogP contribution in [0.25, 0.3) is 22.6 Å². The van der Waals surface area contributed by atoms with Crippen LogP contribution >= 0.6 is 23.1 Å². The van der Waals surface area contributed by atoms with Crippen molar-refractivity contribution in [3.05, 3.63) is 59.5 Å². The minimum atomic E-state index is -0.142. The van der Waals surface area contributed by atoms with Gasteiger partial charge in [0.05, 0.1) is 24.1 Å². The smallest absolute Gasteiger partial charge is 0.236 e. The normalized spacial score (nSPS) is 10.8. The first kappa shape index (κ1) is 21.1. The Morgan fingerprint density at radius 3 is 2.71 bits per heavy atom. The van der Waals surface area contributed by atoms with E-state index in [0.29, 0.717) is 16.1 Å². The van der Waals surface area contributed by atoms with Crippen LogP contribution in [0.5, 0.6) is 5.75 Å². The zero-order chi connectivity index (χ0) is 21.8. The average Bonchev–Trinajstić information content (AvgIpc) is 3.39. The highest BCUT2D eigenvalue weighted by Crippen LogP contribution is 2.30. The molecule has 0 bridgehead atoms. The van der Waals surface area contributed by atoms with E-state index >= 15 is 0 Å². The number of thiazole rings is 1. The lowest BCUT2D eigenvalue weighted by Crippen LogP contribution is -2.14. The van der Waals surface area contributed by atoms with Crippen molar-refractivity contribution in [2.45, 2.75) is 12.1 Å². The van der Waals surface area contributed by atoms with Crippen molar-refractivity contribution in [1.29, 1.82) is 0 Å². The molecule has 158 valence electrons. The summed E-state index contributed by atoms with van der Waals surface area (Å²) in [6.07, 6.45) is 0. The van der Waals surface area contributed by atoms with E-state index in [1.807, 2.05) is 72.4 Å². The third kappa shape index (κ3) is 4.78. The van der Waals surface area contributed by atoms with Crippen LogP contribution in [-0.2, 0) is 11.8 Å². The van der Waals surface area contributed by atoms with Gasteiger partial charge in [0.25, 0.3) is 0 Å². The molecule has 2 heterocycles. The first-order valence-corrected chi connectivity index (χ1v) is 11.4. The van der Waals surface area contributed by atoms with Crippen LogP contribution in [0.4, 0.5) is 5.13 Å². The molecule has 31 heavy (non-hydrogen) atoms. The van der Waals surface area contributed by atoms with E-state index in [0.717, 1.165) is 22.6 Å². The monoisotopic (exact) mass is 451 g/mol. The van der Waals surface area contributed by atoms with Gasteiger partial charge in [-0.1, -0.05) is 53.7 Å². The molecule has 4 rings (SSSR count). The SMILES string of the molecule is COc1ccccc1-c1nnc(SCC(=O)Nc2nc(-c3ccc(C)cc3)cs2)n1C. The van der Waals surface area contributed by atoms with Crippen molar-refractivity contribution < 1.29 is 9.53 Å². The van der Waals surface area contributed by atoms with Crippen LogP contribution in [0.2, 0.25) is 0 Å². The lowest BCUT2D eigenvalue weighted by atomic mass is 10.1. The van der Waals surface area contributed by atoms with Crippen LogP contribution in [-0.4, -0.2) is 38.5 Å². The summed E-state index contributed by atoms with van der Waals surface area (Å²) >= 11 is 2.73. The van der Waals surface area contributed by atoms with Gasteiger partial charge in [-0.3, -0.25) is 4.79 Å². The maximum Gasteiger partial charge on any atom is 0.236 e. The second-order valence-electron chi connectivity index (χ2n) is 6.81. The van der Waals surface area contributed by atoms with Gasteiger partial charge in [-0.25, -0.2) is 4.98 Å². The second kappa shape index (κ2) is 9.32. The first-order chi connectivity index (χ1) is 15.0. The number of nitrogens with one attached hydrogen (secondary N) is 1. The van der Waals surface area contributed by atoms with E-state index in [-0.39, 0.29) is 11.7 Å². The Labute approximate surface area is 188 Å². The summed E-state index contributed by atoms with van der Waals surface area (Å²) in [5.41, 5.74) is 3.92. The molecule has 2 aromatic heterocycles. The molecule has 4 aromatic rings. The van der Waals surface area contributed by atoms with E-state index in [9.17, 15) is 4.79 Å². The number of carbonyl (C=O) groups excluding carboxylic acids is 1. The third-order valence-corrected chi connectivity index (χ3v) is 6.39. The Morgan fingerprint density at radius 1 is 1.16 bits per heavy atom. The summed E-state index contributed by atoms with van der Waals surface area (Å²) in [7, 11) is 3.49. The number of aromatic nitrogens is 4. The van der Waals surface area contributed by atoms with Gasteiger partial charge in [-0.05, 0) is 19.1 Å². The van der Waals surface area contributed by atoms with Gasteiger partial charge in [0, 0.05) is 18.0 Å². The van der Waals surface area contributed by atoms with E-state index in [2.05, 4.69) is 20.5 Å². The van der Waals surface area contributed by atoms with Gasteiger partial charge in [0.2, 0.25) is 5.91 Å². The quantitative estimate of drug-likeness (QED) is 0.412. The molecule has 9 heteroatoms. The van der Waals surface area contributed by atoms with Crippen molar-refractivity contribution in [1.82, 2.24) is 19.7 Å². The molecule has 1 amide bonds. The number of nitrogens with zero attached hydrogens (tertiary/aromatic N) is 4. The number of rotatable bonds is 7. The summed E-state index contributed by atoms with van der Waals surface area (Å²) in [4.78, 5) is 16.9. The van der Waals surface area contributed by atoms with Crippen molar-refractivity contribution in [3.63, 3.8) is 0 Å². The van der Waals surface area contributed by atoms with Gasteiger partial charge in [0.15, 0.2) is 16.1 Å². The number of anilines is 1. The van der Waals surface area contributed by atoms with E-state index in [1.165, 1.54) is 28.7 Å². The van der Waals surface area contributed by atoms with Gasteiger partial charge in [0.1, 0.15) is 5.75 Å². The lowest BCUT2D eigenvalue weighted by molar-refractivity contribution is -0.113. The van der Waals surface area contributed by atoms with Crippen molar-refractivity contribution in [2.75, 3.05) is 18.2 Å². The molecule has 0 atom stereocenters. The third-order valence-electron chi connectivity index (χ3n) is 4.61. The topological polar surface area (TPSA) is 81.9 Å². The standard InChI is InChI=1S/C22H21N5O2S2/c1-14-8-10-15(11-9-14)17-12-30-21(23-17)24-19(28)13-31-22-26-25-20(27(22)2)16-6-4-5-7-18(16)29-3/h4-12H,13H2,1-3H3,(H,23,24,28). The Morgan fingerprint density at radius 2 is 1.94 bits per heavy atom. The largest absolute Gasteiger partial charge is 0.496 e. The van der Waals surface area contributed by atoms with Crippen molar-refractivity contribution in [2.24, 2.45) is 7.05 Å². The van der Waals surface area contributed by atoms with Crippen LogP contribution in [0.1, 0.15) is 5.56 Å². The van der Waals surface area contributed by atoms with Crippen LogP contribution in [0.3, 0.4) is 0 Å². The molecule has 0 aliphatic heterocycles. The number of amides is 1. The number of hydrogen-bond donors (Lipinski definition) is 1. The highest BCUT2D eigenvalue weighted by atomic mass is 32.2. The van der Waals surface area contributed by atoms with Gasteiger partial charge in [-0.2, -0.15) is 0 Å². The zero-order valence-corrected chi connectivity index (χ0v) is 19.0. The molecular formula is C22H21N5O2S2. The lowest BCUT2D eigenvalue weighted by Gasteiger charge is -2.08. The maximum absolute atomic E-state index is 12.4. The Bertz CT molecular complexity index is 1200. The van der Waals surface area contributed by atoms with Gasteiger partial charge < -0.3 is 14.6 Å². The maximum atomic E-state index is 12.4. The highest BCUT2D eigenvalue weighted by molar-refractivity contribution is 7.99. The Kier molecular flexibility index (Phi) is 6.34.